The second-order valence-corrected chi connectivity index (χ2v) is 7.17. The van der Waals surface area contributed by atoms with Crippen molar-refractivity contribution in [3.8, 4) is 0 Å². The monoisotopic (exact) mass is 362 g/mol. The fourth-order valence-electron chi connectivity index (χ4n) is 2.25. The Kier molecular flexibility index (Phi) is 8.82. The molecule has 0 aromatic heterocycles. The van der Waals surface area contributed by atoms with Crippen molar-refractivity contribution >= 4 is 17.8 Å². The smallest absolute Gasteiger partial charge is 0.329 e. The van der Waals surface area contributed by atoms with Crippen LogP contribution in [0.3, 0.4) is 0 Å². The van der Waals surface area contributed by atoms with Gasteiger partial charge in [-0.05, 0) is 24.3 Å². The third kappa shape index (κ3) is 7.68. The Morgan fingerprint density at radius 2 is 1.62 bits per heavy atom. The second-order valence-electron chi connectivity index (χ2n) is 7.17. The molecule has 0 aliphatic rings. The molecule has 0 saturated heterocycles. The van der Waals surface area contributed by atoms with Crippen LogP contribution in [0.1, 0.15) is 40.2 Å². The molecule has 0 unspecified atom stereocenters. The van der Waals surface area contributed by atoms with Crippen molar-refractivity contribution in [3.63, 3.8) is 0 Å². The summed E-state index contributed by atoms with van der Waals surface area (Å²) in [6.07, 6.45) is -0.726. The lowest BCUT2D eigenvalue weighted by molar-refractivity contribution is -0.158. The first-order chi connectivity index (χ1) is 12.2. The fourth-order valence-corrected chi connectivity index (χ4v) is 2.25. The Morgan fingerprint density at radius 1 is 1.00 bits per heavy atom. The molecule has 0 fully saturated rings. The lowest BCUT2D eigenvalue weighted by Crippen LogP contribution is -2.48. The molecule has 0 bridgehead atoms. The van der Waals surface area contributed by atoms with Gasteiger partial charge < -0.3 is 15.4 Å². The number of esters is 1. The van der Waals surface area contributed by atoms with Gasteiger partial charge in [0.1, 0.15) is 6.04 Å². The molecule has 26 heavy (non-hydrogen) atoms. The highest BCUT2D eigenvalue weighted by Crippen LogP contribution is 2.08. The standard InChI is InChI=1S/C20H30N2O4/c1-13(2)12-21-19(24)15(5)26-20(25)18(14(3)4)22-17(23)11-16-9-7-6-8-10-16/h6-10,13-15,18H,11-12H2,1-5H3,(H,21,24)(H,22,23)/t15-,18+/m1/s1. The van der Waals surface area contributed by atoms with Crippen LogP contribution in [0.25, 0.3) is 0 Å². The van der Waals surface area contributed by atoms with E-state index in [1.807, 2.05) is 58.0 Å². The van der Waals surface area contributed by atoms with Gasteiger partial charge in [0, 0.05) is 6.54 Å². The van der Waals surface area contributed by atoms with Gasteiger partial charge in [0.2, 0.25) is 5.91 Å². The molecule has 1 rings (SSSR count). The number of ether oxygens (including phenoxy) is 1. The van der Waals surface area contributed by atoms with Crippen molar-refractivity contribution in [1.29, 1.82) is 0 Å². The number of amides is 2. The fraction of sp³-hybridized carbons (Fsp3) is 0.550. The van der Waals surface area contributed by atoms with E-state index in [1.165, 1.54) is 6.92 Å². The van der Waals surface area contributed by atoms with E-state index in [4.69, 9.17) is 4.74 Å². The number of carbonyl (C=O) groups is 3. The molecule has 2 N–H and O–H groups in total. The first-order valence-corrected chi connectivity index (χ1v) is 9.02. The van der Waals surface area contributed by atoms with Crippen molar-refractivity contribution in [2.24, 2.45) is 11.8 Å². The largest absolute Gasteiger partial charge is 0.451 e. The molecule has 0 saturated carbocycles. The third-order valence-corrected chi connectivity index (χ3v) is 3.79. The first-order valence-electron chi connectivity index (χ1n) is 9.02. The molecule has 2 amide bonds. The van der Waals surface area contributed by atoms with Crippen molar-refractivity contribution in [2.45, 2.75) is 53.2 Å². The summed E-state index contributed by atoms with van der Waals surface area (Å²) in [5.41, 5.74) is 0.863. The van der Waals surface area contributed by atoms with Crippen LogP contribution in [-0.4, -0.2) is 36.5 Å². The van der Waals surface area contributed by atoms with Crippen molar-refractivity contribution in [2.75, 3.05) is 6.54 Å². The van der Waals surface area contributed by atoms with Gasteiger partial charge >= 0.3 is 5.97 Å². The summed E-state index contributed by atoms with van der Waals surface area (Å²) in [6, 6.07) is 8.49. The van der Waals surface area contributed by atoms with Gasteiger partial charge in [0.05, 0.1) is 6.42 Å². The Morgan fingerprint density at radius 3 is 2.15 bits per heavy atom. The Bertz CT molecular complexity index is 599. The molecule has 0 aliphatic heterocycles. The van der Waals surface area contributed by atoms with Crippen LogP contribution >= 0.6 is 0 Å². The van der Waals surface area contributed by atoms with E-state index < -0.39 is 18.1 Å². The summed E-state index contributed by atoms with van der Waals surface area (Å²) in [5, 5.41) is 5.44. The molecule has 1 aromatic rings. The highest BCUT2D eigenvalue weighted by molar-refractivity contribution is 5.88. The summed E-state index contributed by atoms with van der Waals surface area (Å²) in [4.78, 5) is 36.6. The Balaban J connectivity index is 2.60. The van der Waals surface area contributed by atoms with Crippen molar-refractivity contribution in [1.82, 2.24) is 10.6 Å². The van der Waals surface area contributed by atoms with Gasteiger partial charge in [0.15, 0.2) is 6.10 Å². The predicted octanol–water partition coefficient (Wildman–Crippen LogP) is 2.07. The van der Waals surface area contributed by atoms with Gasteiger partial charge in [-0.3, -0.25) is 9.59 Å². The van der Waals surface area contributed by atoms with Crippen molar-refractivity contribution < 1.29 is 19.1 Å². The van der Waals surface area contributed by atoms with E-state index in [2.05, 4.69) is 10.6 Å². The molecule has 6 nitrogen and oxygen atoms in total. The Hall–Kier alpha value is -2.37. The molecule has 1 aromatic carbocycles. The SMILES string of the molecule is CC(C)CNC(=O)[C@@H](C)OC(=O)[C@@H](NC(=O)Cc1ccccc1)C(C)C. The number of rotatable bonds is 9. The minimum absolute atomic E-state index is 0.159. The van der Waals surface area contributed by atoms with E-state index in [-0.39, 0.29) is 24.2 Å². The number of carbonyl (C=O) groups excluding carboxylic acids is 3. The van der Waals surface area contributed by atoms with Crippen LogP contribution in [-0.2, 0) is 25.5 Å². The zero-order valence-corrected chi connectivity index (χ0v) is 16.2. The summed E-state index contributed by atoms with van der Waals surface area (Å²) in [5.74, 6) is -1.06. The average molecular weight is 362 g/mol. The van der Waals surface area contributed by atoms with Gasteiger partial charge in [-0.25, -0.2) is 4.79 Å². The van der Waals surface area contributed by atoms with E-state index >= 15 is 0 Å². The molecule has 6 heteroatoms. The van der Waals surface area contributed by atoms with Crippen LogP contribution in [0.2, 0.25) is 0 Å². The predicted molar refractivity (Wildman–Crippen MR) is 100 cm³/mol. The molecular weight excluding hydrogens is 332 g/mol. The Labute approximate surface area is 155 Å². The van der Waals surface area contributed by atoms with E-state index in [0.29, 0.717) is 12.5 Å². The molecule has 0 aliphatic carbocycles. The van der Waals surface area contributed by atoms with Crippen LogP contribution in [0.15, 0.2) is 30.3 Å². The number of hydrogen-bond acceptors (Lipinski definition) is 4. The van der Waals surface area contributed by atoms with E-state index in [1.54, 1.807) is 0 Å². The topological polar surface area (TPSA) is 84.5 Å². The lowest BCUT2D eigenvalue weighted by Gasteiger charge is -2.23. The first kappa shape index (κ1) is 21.7. The van der Waals surface area contributed by atoms with Crippen molar-refractivity contribution in [3.05, 3.63) is 35.9 Å². The van der Waals surface area contributed by atoms with Gasteiger partial charge in [-0.15, -0.1) is 0 Å². The summed E-state index contributed by atoms with van der Waals surface area (Å²) in [6.45, 7) is 9.64. The van der Waals surface area contributed by atoms with Gasteiger partial charge in [0.25, 0.3) is 5.91 Å². The number of benzene rings is 1. The maximum Gasteiger partial charge on any atom is 0.329 e. The summed E-state index contributed by atoms with van der Waals surface area (Å²) < 4.78 is 5.25. The summed E-state index contributed by atoms with van der Waals surface area (Å²) >= 11 is 0. The molecule has 0 radical (unpaired) electrons. The van der Waals surface area contributed by atoms with Gasteiger partial charge in [-0.2, -0.15) is 0 Å². The molecular formula is C20H30N2O4. The zero-order chi connectivity index (χ0) is 19.7. The van der Waals surface area contributed by atoms with E-state index in [0.717, 1.165) is 5.56 Å². The third-order valence-electron chi connectivity index (χ3n) is 3.79. The zero-order valence-electron chi connectivity index (χ0n) is 16.2. The van der Waals surface area contributed by atoms with Crippen LogP contribution in [0, 0.1) is 11.8 Å². The summed E-state index contributed by atoms with van der Waals surface area (Å²) in [7, 11) is 0. The van der Waals surface area contributed by atoms with Crippen LogP contribution in [0.5, 0.6) is 0 Å². The minimum atomic E-state index is -0.909. The lowest BCUT2D eigenvalue weighted by atomic mass is 10.0. The number of nitrogens with one attached hydrogen (secondary N) is 2. The number of hydrogen-bond donors (Lipinski definition) is 2. The van der Waals surface area contributed by atoms with E-state index in [9.17, 15) is 14.4 Å². The van der Waals surface area contributed by atoms with Gasteiger partial charge in [-0.1, -0.05) is 58.0 Å². The normalized spacial score (nSPS) is 13.2. The average Bonchev–Trinajstić information content (AvgIpc) is 2.57. The second kappa shape index (κ2) is 10.6. The highest BCUT2D eigenvalue weighted by Gasteiger charge is 2.28. The molecule has 0 heterocycles. The molecule has 0 spiro atoms. The van der Waals surface area contributed by atoms with Crippen LogP contribution in [0.4, 0.5) is 0 Å². The highest BCUT2D eigenvalue weighted by atomic mass is 16.5. The molecule has 2 atom stereocenters. The molecule has 144 valence electrons. The quantitative estimate of drug-likeness (QED) is 0.659. The maximum absolute atomic E-state index is 12.4. The van der Waals surface area contributed by atoms with Crippen LogP contribution < -0.4 is 10.6 Å². The maximum atomic E-state index is 12.4. The minimum Gasteiger partial charge on any atom is -0.451 e.